The van der Waals surface area contributed by atoms with Crippen LogP contribution < -0.4 is 5.32 Å². The fourth-order valence-corrected chi connectivity index (χ4v) is 2.74. The Labute approximate surface area is 126 Å². The van der Waals surface area contributed by atoms with E-state index in [1.807, 2.05) is 11.7 Å². The largest absolute Gasteiger partial charge is 0.311 e. The monoisotopic (exact) mass is 291 g/mol. The fourth-order valence-electron chi connectivity index (χ4n) is 2.48. The average Bonchev–Trinajstić information content (AvgIpc) is 2.80. The third kappa shape index (κ3) is 3.05. The second-order valence-corrected chi connectivity index (χ2v) is 5.80. The number of benzene rings is 1. The maximum absolute atomic E-state index is 6.35. The van der Waals surface area contributed by atoms with Crippen LogP contribution in [0.15, 0.2) is 30.5 Å². The molecule has 0 saturated carbocycles. The van der Waals surface area contributed by atoms with E-state index in [0.29, 0.717) is 6.04 Å². The van der Waals surface area contributed by atoms with Crippen LogP contribution in [0.3, 0.4) is 0 Å². The first-order valence-corrected chi connectivity index (χ1v) is 7.37. The molecular formula is C16H22ClN3. The maximum atomic E-state index is 6.35. The van der Waals surface area contributed by atoms with Crippen LogP contribution in [0.5, 0.6) is 0 Å². The summed E-state index contributed by atoms with van der Waals surface area (Å²) in [4.78, 5) is 0. The van der Waals surface area contributed by atoms with Gasteiger partial charge in [-0.2, -0.15) is 5.10 Å². The lowest BCUT2D eigenvalue weighted by Gasteiger charge is -2.21. The molecule has 0 fully saturated rings. The van der Waals surface area contributed by atoms with E-state index < -0.39 is 0 Å². The molecule has 20 heavy (non-hydrogen) atoms. The SMILES string of the molecule is CNC(Cc1ccccc1C)c1c(Cl)cnn1C(C)C. The first-order valence-electron chi connectivity index (χ1n) is 6.99. The molecule has 1 N–H and O–H groups in total. The van der Waals surface area contributed by atoms with Crippen molar-refractivity contribution < 1.29 is 0 Å². The highest BCUT2D eigenvalue weighted by Gasteiger charge is 2.21. The molecule has 0 bridgehead atoms. The summed E-state index contributed by atoms with van der Waals surface area (Å²) in [5.74, 6) is 0. The highest BCUT2D eigenvalue weighted by Crippen LogP contribution is 2.28. The minimum absolute atomic E-state index is 0.161. The number of likely N-dealkylation sites (N-methyl/N-ethyl adjacent to an activating group) is 1. The molecule has 1 unspecified atom stereocenters. The molecule has 1 aromatic carbocycles. The standard InChI is InChI=1S/C16H22ClN3/c1-11(2)20-16(14(17)10-19-20)15(18-4)9-13-8-6-5-7-12(13)3/h5-8,10-11,15,18H,9H2,1-4H3. The van der Waals surface area contributed by atoms with E-state index in [1.165, 1.54) is 11.1 Å². The third-order valence-corrected chi connectivity index (χ3v) is 3.93. The van der Waals surface area contributed by atoms with Crippen LogP contribution in [0.1, 0.15) is 42.8 Å². The van der Waals surface area contributed by atoms with Gasteiger partial charge in [-0.05, 0) is 45.4 Å². The number of hydrogen-bond donors (Lipinski definition) is 1. The second kappa shape index (κ2) is 6.42. The summed E-state index contributed by atoms with van der Waals surface area (Å²) in [6.07, 6.45) is 2.64. The number of rotatable bonds is 5. The Morgan fingerprint density at radius 3 is 2.60 bits per heavy atom. The highest BCUT2D eigenvalue weighted by molar-refractivity contribution is 6.31. The summed E-state index contributed by atoms with van der Waals surface area (Å²) in [6, 6.07) is 8.92. The molecule has 1 heterocycles. The van der Waals surface area contributed by atoms with Gasteiger partial charge in [-0.25, -0.2) is 0 Å². The lowest BCUT2D eigenvalue weighted by Crippen LogP contribution is -2.24. The van der Waals surface area contributed by atoms with Crippen LogP contribution >= 0.6 is 11.6 Å². The van der Waals surface area contributed by atoms with Gasteiger partial charge in [0.15, 0.2) is 0 Å². The van der Waals surface area contributed by atoms with Crippen molar-refractivity contribution in [2.75, 3.05) is 7.05 Å². The summed E-state index contributed by atoms with van der Waals surface area (Å²) in [7, 11) is 1.97. The molecule has 0 saturated heterocycles. The Hall–Kier alpha value is -1.32. The van der Waals surface area contributed by atoms with Gasteiger partial charge >= 0.3 is 0 Å². The molecule has 0 aliphatic rings. The van der Waals surface area contributed by atoms with Crippen molar-refractivity contribution in [2.45, 2.75) is 39.3 Å². The fraction of sp³-hybridized carbons (Fsp3) is 0.438. The van der Waals surface area contributed by atoms with Gasteiger partial charge in [0.1, 0.15) is 0 Å². The topological polar surface area (TPSA) is 29.9 Å². The Balaban J connectivity index is 2.34. The molecule has 1 aromatic heterocycles. The third-order valence-electron chi connectivity index (χ3n) is 3.64. The van der Waals surface area contributed by atoms with Crippen LogP contribution in [-0.2, 0) is 6.42 Å². The van der Waals surface area contributed by atoms with Crippen molar-refractivity contribution in [3.8, 4) is 0 Å². The van der Waals surface area contributed by atoms with Crippen molar-refractivity contribution in [3.63, 3.8) is 0 Å². The minimum atomic E-state index is 0.161. The first kappa shape index (κ1) is 15.1. The maximum Gasteiger partial charge on any atom is 0.0834 e. The average molecular weight is 292 g/mol. The van der Waals surface area contributed by atoms with E-state index in [9.17, 15) is 0 Å². The number of halogens is 1. The molecule has 3 nitrogen and oxygen atoms in total. The van der Waals surface area contributed by atoms with E-state index in [-0.39, 0.29) is 6.04 Å². The zero-order valence-corrected chi connectivity index (χ0v) is 13.3. The number of nitrogens with zero attached hydrogens (tertiary/aromatic N) is 2. The van der Waals surface area contributed by atoms with E-state index in [0.717, 1.165) is 17.1 Å². The number of hydrogen-bond acceptors (Lipinski definition) is 2. The summed E-state index contributed by atoms with van der Waals surface area (Å²) in [6.45, 7) is 6.38. The predicted molar refractivity (Wildman–Crippen MR) is 84.3 cm³/mol. The Morgan fingerprint density at radius 2 is 2.00 bits per heavy atom. The van der Waals surface area contributed by atoms with Crippen molar-refractivity contribution in [1.82, 2.24) is 15.1 Å². The molecule has 1 atom stereocenters. The Morgan fingerprint density at radius 1 is 1.30 bits per heavy atom. The Kier molecular flexibility index (Phi) is 4.84. The number of aryl methyl sites for hydroxylation is 1. The van der Waals surface area contributed by atoms with E-state index in [4.69, 9.17) is 11.6 Å². The van der Waals surface area contributed by atoms with Gasteiger partial charge in [-0.15, -0.1) is 0 Å². The predicted octanol–water partition coefficient (Wildman–Crippen LogP) is 3.93. The number of aromatic nitrogens is 2. The van der Waals surface area contributed by atoms with Crippen LogP contribution in [0.4, 0.5) is 0 Å². The zero-order chi connectivity index (χ0) is 14.7. The molecule has 4 heteroatoms. The first-order chi connectivity index (χ1) is 9.54. The summed E-state index contributed by atoms with van der Waals surface area (Å²) in [5.41, 5.74) is 3.70. The van der Waals surface area contributed by atoms with Crippen LogP contribution in [0, 0.1) is 6.92 Å². The van der Waals surface area contributed by atoms with E-state index >= 15 is 0 Å². The van der Waals surface area contributed by atoms with Gasteiger partial charge in [-0.3, -0.25) is 4.68 Å². The summed E-state index contributed by atoms with van der Waals surface area (Å²) < 4.78 is 2.00. The molecule has 0 spiro atoms. The van der Waals surface area contributed by atoms with Gasteiger partial charge in [-0.1, -0.05) is 35.9 Å². The molecule has 2 rings (SSSR count). The molecule has 0 aliphatic carbocycles. The van der Waals surface area contributed by atoms with Gasteiger partial charge in [0.05, 0.1) is 23.0 Å². The number of nitrogens with one attached hydrogen (secondary N) is 1. The molecule has 0 aliphatic heterocycles. The van der Waals surface area contributed by atoms with Crippen LogP contribution in [-0.4, -0.2) is 16.8 Å². The summed E-state index contributed by atoms with van der Waals surface area (Å²) >= 11 is 6.35. The minimum Gasteiger partial charge on any atom is -0.311 e. The van der Waals surface area contributed by atoms with E-state index in [1.54, 1.807) is 6.20 Å². The normalized spacial score (nSPS) is 12.9. The van der Waals surface area contributed by atoms with Gasteiger partial charge < -0.3 is 5.32 Å². The zero-order valence-electron chi connectivity index (χ0n) is 12.5. The second-order valence-electron chi connectivity index (χ2n) is 5.39. The smallest absolute Gasteiger partial charge is 0.0834 e. The Bertz CT molecular complexity index is 575. The molecule has 0 radical (unpaired) electrons. The van der Waals surface area contributed by atoms with Crippen molar-refractivity contribution in [2.24, 2.45) is 0 Å². The lowest BCUT2D eigenvalue weighted by atomic mass is 9.99. The van der Waals surface area contributed by atoms with Gasteiger partial charge in [0.2, 0.25) is 0 Å². The molecule has 2 aromatic rings. The highest BCUT2D eigenvalue weighted by atomic mass is 35.5. The molecular weight excluding hydrogens is 270 g/mol. The van der Waals surface area contributed by atoms with Crippen molar-refractivity contribution >= 4 is 11.6 Å². The summed E-state index contributed by atoms with van der Waals surface area (Å²) in [5, 5.41) is 8.49. The molecule has 108 valence electrons. The van der Waals surface area contributed by atoms with E-state index in [2.05, 4.69) is 55.5 Å². The van der Waals surface area contributed by atoms with Crippen molar-refractivity contribution in [3.05, 3.63) is 52.3 Å². The molecule has 0 amide bonds. The van der Waals surface area contributed by atoms with Gasteiger partial charge in [0, 0.05) is 6.04 Å². The quantitative estimate of drug-likeness (QED) is 0.904. The van der Waals surface area contributed by atoms with Crippen LogP contribution in [0.25, 0.3) is 0 Å². The van der Waals surface area contributed by atoms with Gasteiger partial charge in [0.25, 0.3) is 0 Å². The van der Waals surface area contributed by atoms with Crippen molar-refractivity contribution in [1.29, 1.82) is 0 Å². The lowest BCUT2D eigenvalue weighted by molar-refractivity contribution is 0.459. The van der Waals surface area contributed by atoms with Crippen LogP contribution in [0.2, 0.25) is 5.02 Å².